The van der Waals surface area contributed by atoms with E-state index in [1.165, 1.54) is 35.4 Å². The molecule has 7 rings (SSSR count). The number of aryl methyl sites for hydroxylation is 1. The van der Waals surface area contributed by atoms with Crippen molar-refractivity contribution in [3.05, 3.63) is 70.7 Å². The molecule has 38 heavy (non-hydrogen) atoms. The van der Waals surface area contributed by atoms with Gasteiger partial charge < -0.3 is 4.98 Å². The molecule has 0 spiro atoms. The SMILES string of the molecule is CCN1Cc2[nH]c(-c3ccc(-c4nc(Cc5ccc6[nH]ncc6c5C5CC5)n(C)n4)cc3F)nc2C(C)C1. The van der Waals surface area contributed by atoms with Crippen LogP contribution in [0.3, 0.4) is 0 Å². The zero-order valence-corrected chi connectivity index (χ0v) is 21.9. The minimum Gasteiger partial charge on any atom is -0.340 e. The van der Waals surface area contributed by atoms with Crippen LogP contribution >= 0.6 is 0 Å². The fourth-order valence-electron chi connectivity index (χ4n) is 5.88. The lowest BCUT2D eigenvalue weighted by atomic mass is 9.96. The van der Waals surface area contributed by atoms with Gasteiger partial charge in [0.1, 0.15) is 17.5 Å². The number of likely N-dealkylation sites (N-methyl/N-ethyl adjacent to an activating group) is 1. The Bertz CT molecular complexity index is 1660. The van der Waals surface area contributed by atoms with Gasteiger partial charge in [0, 0.05) is 43.4 Å². The van der Waals surface area contributed by atoms with Crippen molar-refractivity contribution < 1.29 is 4.39 Å². The number of nitrogens with zero attached hydrogens (tertiary/aromatic N) is 6. The minimum atomic E-state index is -0.330. The molecule has 3 aromatic heterocycles. The summed E-state index contributed by atoms with van der Waals surface area (Å²) in [6, 6.07) is 9.44. The van der Waals surface area contributed by atoms with E-state index >= 15 is 4.39 Å². The van der Waals surface area contributed by atoms with Crippen LogP contribution in [0, 0.1) is 5.82 Å². The second kappa shape index (κ2) is 8.87. The van der Waals surface area contributed by atoms with Gasteiger partial charge in [0.15, 0.2) is 5.82 Å². The average molecular weight is 511 g/mol. The number of imidazole rings is 1. The van der Waals surface area contributed by atoms with E-state index in [9.17, 15) is 0 Å². The topological polar surface area (TPSA) is 91.3 Å². The van der Waals surface area contributed by atoms with Crippen LogP contribution in [0.15, 0.2) is 36.5 Å². The van der Waals surface area contributed by atoms with Crippen LogP contribution in [0.4, 0.5) is 4.39 Å². The summed E-state index contributed by atoms with van der Waals surface area (Å²) in [7, 11) is 1.90. The van der Waals surface area contributed by atoms with Crippen LogP contribution in [0.5, 0.6) is 0 Å². The van der Waals surface area contributed by atoms with Crippen molar-refractivity contribution in [2.45, 2.75) is 51.5 Å². The molecule has 0 amide bonds. The molecular weight excluding hydrogens is 479 g/mol. The van der Waals surface area contributed by atoms with E-state index in [0.29, 0.717) is 41.0 Å². The van der Waals surface area contributed by atoms with E-state index in [0.717, 1.165) is 42.4 Å². The summed E-state index contributed by atoms with van der Waals surface area (Å²) < 4.78 is 17.2. The number of aromatic amines is 2. The molecule has 0 radical (unpaired) electrons. The molecule has 1 aliphatic carbocycles. The molecule has 4 heterocycles. The Morgan fingerprint density at radius 2 is 2.00 bits per heavy atom. The van der Waals surface area contributed by atoms with Gasteiger partial charge in [0.05, 0.1) is 28.7 Å². The lowest BCUT2D eigenvalue weighted by Gasteiger charge is -2.28. The molecule has 9 heteroatoms. The molecule has 0 bridgehead atoms. The number of aromatic nitrogens is 7. The number of H-pyrrole nitrogens is 2. The standard InChI is InChI=1S/C29H31FN8/c1-4-38-14-16(2)27-24(15-38)32-29(34-27)20-9-7-19(11-22(20)30)28-33-25(37(3)36-28)12-18-8-10-23-21(13-31-35-23)26(18)17-5-6-17/h7-11,13,16-17H,4-6,12,14-15H2,1-3H3,(H,31,35)(H,32,34). The quantitative estimate of drug-likeness (QED) is 0.324. The molecular formula is C29H31FN8. The third kappa shape index (κ3) is 3.93. The third-order valence-corrected chi connectivity index (χ3v) is 8.06. The summed E-state index contributed by atoms with van der Waals surface area (Å²) in [5.41, 5.74) is 6.94. The summed E-state index contributed by atoms with van der Waals surface area (Å²) in [5, 5.41) is 13.2. The molecule has 2 aliphatic rings. The van der Waals surface area contributed by atoms with E-state index in [1.807, 2.05) is 19.3 Å². The van der Waals surface area contributed by atoms with Crippen molar-refractivity contribution in [2.24, 2.45) is 7.05 Å². The highest BCUT2D eigenvalue weighted by Crippen LogP contribution is 2.45. The number of hydrogen-bond donors (Lipinski definition) is 2. The number of fused-ring (bicyclic) bond motifs is 2. The lowest BCUT2D eigenvalue weighted by molar-refractivity contribution is 0.243. The number of hydrogen-bond acceptors (Lipinski definition) is 5. The lowest BCUT2D eigenvalue weighted by Crippen LogP contribution is -2.32. The Labute approximate surface area is 220 Å². The van der Waals surface area contributed by atoms with Crippen LogP contribution < -0.4 is 0 Å². The Morgan fingerprint density at radius 3 is 2.79 bits per heavy atom. The van der Waals surface area contributed by atoms with E-state index < -0.39 is 0 Å². The van der Waals surface area contributed by atoms with Crippen molar-refractivity contribution in [1.82, 2.24) is 39.8 Å². The Kier molecular flexibility index (Phi) is 5.43. The highest BCUT2D eigenvalue weighted by atomic mass is 19.1. The fourth-order valence-corrected chi connectivity index (χ4v) is 5.88. The second-order valence-electron chi connectivity index (χ2n) is 10.8. The second-order valence-corrected chi connectivity index (χ2v) is 10.8. The van der Waals surface area contributed by atoms with E-state index in [2.05, 4.69) is 51.2 Å². The number of halogens is 1. The zero-order valence-electron chi connectivity index (χ0n) is 21.9. The predicted molar refractivity (Wildman–Crippen MR) is 144 cm³/mol. The molecule has 2 N–H and O–H groups in total. The van der Waals surface area contributed by atoms with Gasteiger partial charge in [-0.3, -0.25) is 14.7 Å². The summed E-state index contributed by atoms with van der Waals surface area (Å²) in [4.78, 5) is 15.4. The van der Waals surface area contributed by atoms with Gasteiger partial charge in [0.25, 0.3) is 0 Å². The normalized spacial score (nSPS) is 17.8. The monoisotopic (exact) mass is 510 g/mol. The molecule has 8 nitrogen and oxygen atoms in total. The maximum atomic E-state index is 15.4. The highest BCUT2D eigenvalue weighted by Gasteiger charge is 2.29. The van der Waals surface area contributed by atoms with Crippen LogP contribution in [-0.2, 0) is 20.0 Å². The Balaban J connectivity index is 1.17. The molecule has 1 saturated carbocycles. The molecule has 1 aliphatic heterocycles. The maximum Gasteiger partial charge on any atom is 0.181 e. The minimum absolute atomic E-state index is 0.317. The fraction of sp³-hybridized carbons (Fsp3) is 0.379. The van der Waals surface area contributed by atoms with Crippen LogP contribution in [0.25, 0.3) is 33.7 Å². The summed E-state index contributed by atoms with van der Waals surface area (Å²) >= 11 is 0. The summed E-state index contributed by atoms with van der Waals surface area (Å²) in [5.74, 6) is 2.53. The van der Waals surface area contributed by atoms with Crippen LogP contribution in [0.1, 0.15) is 66.9 Å². The largest absolute Gasteiger partial charge is 0.340 e. The van der Waals surface area contributed by atoms with Crippen molar-refractivity contribution in [2.75, 3.05) is 13.1 Å². The first kappa shape index (κ1) is 23.3. The average Bonchev–Trinajstić information content (AvgIpc) is 3.29. The molecule has 1 fully saturated rings. The molecule has 2 aromatic carbocycles. The first-order chi connectivity index (χ1) is 18.5. The number of nitrogens with one attached hydrogen (secondary N) is 2. The molecule has 194 valence electrons. The molecule has 1 atom stereocenters. The van der Waals surface area contributed by atoms with Crippen molar-refractivity contribution in [3.8, 4) is 22.8 Å². The van der Waals surface area contributed by atoms with Crippen LogP contribution in [-0.4, -0.2) is 52.9 Å². The Morgan fingerprint density at radius 1 is 1.13 bits per heavy atom. The van der Waals surface area contributed by atoms with Gasteiger partial charge in [-0.2, -0.15) is 10.2 Å². The highest BCUT2D eigenvalue weighted by molar-refractivity contribution is 5.84. The van der Waals surface area contributed by atoms with Gasteiger partial charge in [-0.1, -0.05) is 26.0 Å². The van der Waals surface area contributed by atoms with Gasteiger partial charge >= 0.3 is 0 Å². The maximum absolute atomic E-state index is 15.4. The predicted octanol–water partition coefficient (Wildman–Crippen LogP) is 5.29. The number of benzene rings is 2. The van der Waals surface area contributed by atoms with Gasteiger partial charge in [-0.15, -0.1) is 0 Å². The van der Waals surface area contributed by atoms with E-state index in [4.69, 9.17) is 9.97 Å². The van der Waals surface area contributed by atoms with Gasteiger partial charge in [-0.05, 0) is 54.6 Å². The summed E-state index contributed by atoms with van der Waals surface area (Å²) in [6.07, 6.45) is 5.01. The van der Waals surface area contributed by atoms with Crippen LogP contribution in [0.2, 0.25) is 0 Å². The summed E-state index contributed by atoms with van der Waals surface area (Å²) in [6.45, 7) is 7.12. The van der Waals surface area contributed by atoms with E-state index in [1.54, 1.807) is 10.7 Å². The molecule has 0 saturated heterocycles. The Hall–Kier alpha value is -3.85. The van der Waals surface area contributed by atoms with Crippen molar-refractivity contribution in [1.29, 1.82) is 0 Å². The van der Waals surface area contributed by atoms with Crippen molar-refractivity contribution in [3.63, 3.8) is 0 Å². The van der Waals surface area contributed by atoms with Gasteiger partial charge in [-0.25, -0.2) is 14.4 Å². The first-order valence-corrected chi connectivity index (χ1v) is 13.4. The van der Waals surface area contributed by atoms with Gasteiger partial charge in [0.2, 0.25) is 0 Å². The number of rotatable bonds is 6. The smallest absolute Gasteiger partial charge is 0.181 e. The third-order valence-electron chi connectivity index (χ3n) is 8.06. The zero-order chi connectivity index (χ0) is 26.0. The van der Waals surface area contributed by atoms with Crippen molar-refractivity contribution >= 4 is 10.9 Å². The molecule has 1 unspecified atom stereocenters. The first-order valence-electron chi connectivity index (χ1n) is 13.4. The molecule has 5 aromatic rings. The van der Waals surface area contributed by atoms with E-state index in [-0.39, 0.29) is 5.82 Å².